The van der Waals surface area contributed by atoms with Gasteiger partial charge in [-0.1, -0.05) is 25.1 Å². The predicted molar refractivity (Wildman–Crippen MR) is 93.2 cm³/mol. The van der Waals surface area contributed by atoms with E-state index in [0.29, 0.717) is 5.92 Å². The summed E-state index contributed by atoms with van der Waals surface area (Å²) in [6.45, 7) is 4.73. The molecule has 1 saturated heterocycles. The SMILES string of the molecule is CCc1oc2ccccc2c1C=CC(=O)N1CCC(CNC)C1. The van der Waals surface area contributed by atoms with Crippen LogP contribution in [0.2, 0.25) is 0 Å². The van der Waals surface area contributed by atoms with Gasteiger partial charge < -0.3 is 14.6 Å². The van der Waals surface area contributed by atoms with Crippen LogP contribution < -0.4 is 5.32 Å². The summed E-state index contributed by atoms with van der Waals surface area (Å²) in [7, 11) is 1.96. The molecule has 0 spiro atoms. The summed E-state index contributed by atoms with van der Waals surface area (Å²) in [6.07, 6.45) is 5.50. The Morgan fingerprint density at radius 1 is 1.43 bits per heavy atom. The molecule has 2 aromatic rings. The highest BCUT2D eigenvalue weighted by Gasteiger charge is 2.24. The van der Waals surface area contributed by atoms with Gasteiger partial charge in [-0.3, -0.25) is 4.79 Å². The van der Waals surface area contributed by atoms with E-state index in [0.717, 1.165) is 54.8 Å². The van der Waals surface area contributed by atoms with E-state index in [4.69, 9.17) is 4.42 Å². The number of hydrogen-bond donors (Lipinski definition) is 1. The Balaban J connectivity index is 1.76. The lowest BCUT2D eigenvalue weighted by molar-refractivity contribution is -0.125. The number of benzene rings is 1. The van der Waals surface area contributed by atoms with Crippen molar-refractivity contribution in [1.82, 2.24) is 10.2 Å². The molecule has 1 aromatic heterocycles. The van der Waals surface area contributed by atoms with Crippen LogP contribution in [0.1, 0.15) is 24.7 Å². The third-order valence-electron chi connectivity index (χ3n) is 4.51. The number of para-hydroxylation sites is 1. The molecule has 4 nitrogen and oxygen atoms in total. The number of rotatable bonds is 5. The molecule has 0 saturated carbocycles. The van der Waals surface area contributed by atoms with Crippen LogP contribution in [0.15, 0.2) is 34.8 Å². The zero-order valence-corrected chi connectivity index (χ0v) is 13.8. The third kappa shape index (κ3) is 3.32. The molecule has 1 fully saturated rings. The number of nitrogens with one attached hydrogen (secondary N) is 1. The van der Waals surface area contributed by atoms with Crippen molar-refractivity contribution in [2.45, 2.75) is 19.8 Å². The van der Waals surface area contributed by atoms with Crippen LogP contribution >= 0.6 is 0 Å². The van der Waals surface area contributed by atoms with Gasteiger partial charge in [0, 0.05) is 36.5 Å². The molecule has 2 heterocycles. The molecule has 3 rings (SSSR count). The molecule has 1 amide bonds. The van der Waals surface area contributed by atoms with Crippen LogP contribution in [0, 0.1) is 5.92 Å². The van der Waals surface area contributed by atoms with E-state index in [1.165, 1.54) is 0 Å². The molecule has 0 radical (unpaired) electrons. The van der Waals surface area contributed by atoms with E-state index in [1.807, 2.05) is 42.3 Å². The molecule has 1 atom stereocenters. The summed E-state index contributed by atoms with van der Waals surface area (Å²) in [5, 5.41) is 4.26. The normalized spacial score (nSPS) is 18.3. The minimum Gasteiger partial charge on any atom is -0.460 e. The van der Waals surface area contributed by atoms with E-state index in [-0.39, 0.29) is 5.91 Å². The van der Waals surface area contributed by atoms with Gasteiger partial charge in [-0.15, -0.1) is 0 Å². The Kier molecular flexibility index (Phi) is 4.82. The molecule has 23 heavy (non-hydrogen) atoms. The molecule has 0 aliphatic carbocycles. The van der Waals surface area contributed by atoms with Gasteiger partial charge in [0.05, 0.1) is 0 Å². The van der Waals surface area contributed by atoms with Gasteiger partial charge in [0.2, 0.25) is 5.91 Å². The molecule has 4 heteroatoms. The van der Waals surface area contributed by atoms with Crippen molar-refractivity contribution < 1.29 is 9.21 Å². The van der Waals surface area contributed by atoms with E-state index in [2.05, 4.69) is 12.2 Å². The molecule has 1 aromatic carbocycles. The summed E-state index contributed by atoms with van der Waals surface area (Å²) in [4.78, 5) is 14.4. The van der Waals surface area contributed by atoms with E-state index >= 15 is 0 Å². The smallest absolute Gasteiger partial charge is 0.246 e. The van der Waals surface area contributed by atoms with E-state index in [1.54, 1.807) is 6.08 Å². The maximum atomic E-state index is 12.4. The number of carbonyl (C=O) groups is 1. The van der Waals surface area contributed by atoms with E-state index in [9.17, 15) is 4.79 Å². The zero-order chi connectivity index (χ0) is 16.2. The van der Waals surface area contributed by atoms with Gasteiger partial charge in [0.1, 0.15) is 11.3 Å². The molecule has 1 aliphatic heterocycles. The average molecular weight is 312 g/mol. The van der Waals surface area contributed by atoms with Crippen molar-refractivity contribution in [3.05, 3.63) is 41.7 Å². The molecule has 1 aliphatic rings. The van der Waals surface area contributed by atoms with Crippen molar-refractivity contribution in [2.24, 2.45) is 5.92 Å². The highest BCUT2D eigenvalue weighted by molar-refractivity contribution is 5.96. The van der Waals surface area contributed by atoms with Crippen LogP contribution in [0.5, 0.6) is 0 Å². The Bertz CT molecular complexity index is 717. The van der Waals surface area contributed by atoms with Crippen molar-refractivity contribution in [2.75, 3.05) is 26.7 Å². The Hall–Kier alpha value is -2.07. The van der Waals surface area contributed by atoms with Crippen molar-refractivity contribution in [3.63, 3.8) is 0 Å². The first-order valence-corrected chi connectivity index (χ1v) is 8.35. The van der Waals surface area contributed by atoms with Crippen LogP contribution in [-0.2, 0) is 11.2 Å². The monoisotopic (exact) mass is 312 g/mol. The topological polar surface area (TPSA) is 45.5 Å². The molecule has 122 valence electrons. The van der Waals surface area contributed by atoms with Crippen molar-refractivity contribution in [3.8, 4) is 0 Å². The largest absolute Gasteiger partial charge is 0.460 e. The van der Waals surface area contributed by atoms with Gasteiger partial charge in [0.25, 0.3) is 0 Å². The second-order valence-electron chi connectivity index (χ2n) is 6.12. The lowest BCUT2D eigenvalue weighted by atomic mass is 10.1. The molecular weight excluding hydrogens is 288 g/mol. The van der Waals surface area contributed by atoms with Gasteiger partial charge in [-0.25, -0.2) is 0 Å². The summed E-state index contributed by atoms with van der Waals surface area (Å²) >= 11 is 0. The number of amides is 1. The third-order valence-corrected chi connectivity index (χ3v) is 4.51. The number of likely N-dealkylation sites (tertiary alicyclic amines) is 1. The van der Waals surface area contributed by atoms with Crippen molar-refractivity contribution in [1.29, 1.82) is 0 Å². The first-order valence-electron chi connectivity index (χ1n) is 8.35. The number of hydrogen-bond acceptors (Lipinski definition) is 3. The first kappa shape index (κ1) is 15.8. The van der Waals surface area contributed by atoms with E-state index < -0.39 is 0 Å². The summed E-state index contributed by atoms with van der Waals surface area (Å²) < 4.78 is 5.87. The van der Waals surface area contributed by atoms with Crippen LogP contribution in [0.3, 0.4) is 0 Å². The van der Waals surface area contributed by atoms with Crippen LogP contribution in [-0.4, -0.2) is 37.5 Å². The summed E-state index contributed by atoms with van der Waals surface area (Å²) in [5.74, 6) is 1.60. The fourth-order valence-corrected chi connectivity index (χ4v) is 3.31. The Labute approximate surface area is 137 Å². The fourth-order valence-electron chi connectivity index (χ4n) is 3.31. The molecule has 1 N–H and O–H groups in total. The lowest BCUT2D eigenvalue weighted by Gasteiger charge is -2.14. The van der Waals surface area contributed by atoms with Crippen LogP contribution in [0.4, 0.5) is 0 Å². The second kappa shape index (κ2) is 7.01. The zero-order valence-electron chi connectivity index (χ0n) is 13.8. The number of carbonyl (C=O) groups excluding carboxylic acids is 1. The minimum absolute atomic E-state index is 0.0935. The molecular formula is C19H24N2O2. The molecule has 1 unspecified atom stereocenters. The quantitative estimate of drug-likeness (QED) is 0.863. The number of nitrogens with zero attached hydrogens (tertiary/aromatic N) is 1. The Morgan fingerprint density at radius 3 is 3.04 bits per heavy atom. The Morgan fingerprint density at radius 2 is 2.26 bits per heavy atom. The van der Waals surface area contributed by atoms with Crippen molar-refractivity contribution >= 4 is 23.0 Å². The summed E-state index contributed by atoms with van der Waals surface area (Å²) in [6, 6.07) is 7.98. The maximum absolute atomic E-state index is 12.4. The highest BCUT2D eigenvalue weighted by Crippen LogP contribution is 2.27. The van der Waals surface area contributed by atoms with Crippen LogP contribution in [0.25, 0.3) is 17.0 Å². The fraction of sp³-hybridized carbons (Fsp3) is 0.421. The van der Waals surface area contributed by atoms with Gasteiger partial charge in [0.15, 0.2) is 0 Å². The number of aryl methyl sites for hydroxylation is 1. The van der Waals surface area contributed by atoms with Gasteiger partial charge in [-0.05, 0) is 38.1 Å². The second-order valence-corrected chi connectivity index (χ2v) is 6.12. The van der Waals surface area contributed by atoms with Gasteiger partial charge in [-0.2, -0.15) is 0 Å². The lowest BCUT2D eigenvalue weighted by Crippen LogP contribution is -2.28. The number of furan rings is 1. The minimum atomic E-state index is 0.0935. The highest BCUT2D eigenvalue weighted by atomic mass is 16.3. The standard InChI is InChI=1S/C19H24N2O2/c1-3-17-16(15-6-4-5-7-18(15)23-17)8-9-19(22)21-11-10-14(13-21)12-20-2/h4-9,14,20H,3,10-13H2,1-2H3. The number of fused-ring (bicyclic) bond motifs is 1. The molecule has 0 bridgehead atoms. The maximum Gasteiger partial charge on any atom is 0.246 e. The van der Waals surface area contributed by atoms with Gasteiger partial charge >= 0.3 is 0 Å². The first-order chi connectivity index (χ1) is 11.2. The average Bonchev–Trinajstić information content (AvgIpc) is 3.17. The predicted octanol–water partition coefficient (Wildman–Crippen LogP) is 3.08. The summed E-state index contributed by atoms with van der Waals surface area (Å²) in [5.41, 5.74) is 1.91.